The van der Waals surface area contributed by atoms with Gasteiger partial charge in [0.2, 0.25) is 5.30 Å². The second kappa shape index (κ2) is 5.39. The second-order valence-electron chi connectivity index (χ2n) is 4.70. The van der Waals surface area contributed by atoms with Crippen molar-refractivity contribution in [1.82, 2.24) is 0 Å². The van der Waals surface area contributed by atoms with Gasteiger partial charge in [0.1, 0.15) is 6.54 Å². The Morgan fingerprint density at radius 2 is 2.06 bits per heavy atom. The van der Waals surface area contributed by atoms with Gasteiger partial charge in [-0.15, -0.1) is 4.52 Å². The van der Waals surface area contributed by atoms with E-state index >= 15 is 0 Å². The number of anilines is 1. The Bertz CT molecular complexity index is 374. The van der Waals surface area contributed by atoms with Crippen molar-refractivity contribution >= 4 is 19.0 Å². The lowest BCUT2D eigenvalue weighted by Crippen LogP contribution is -2.37. The maximum atomic E-state index is 11.7. The second-order valence-corrected chi connectivity index (χ2v) is 5.99. The zero-order valence-electron chi connectivity index (χ0n) is 10.0. The van der Waals surface area contributed by atoms with Crippen molar-refractivity contribution in [3.05, 3.63) is 24.3 Å². The number of nitrogens with two attached hydrogens (primary N) is 1. The molecule has 0 heterocycles. The maximum absolute atomic E-state index is 11.7. The molecule has 0 aliphatic carbocycles. The summed E-state index contributed by atoms with van der Waals surface area (Å²) in [4.78, 5) is 0. The smallest absolute Gasteiger partial charge is 0.399 e. The first kappa shape index (κ1) is 13.1. The van der Waals surface area contributed by atoms with Crippen LogP contribution in [0, 0.1) is 0 Å². The van der Waals surface area contributed by atoms with E-state index in [1.54, 1.807) is 24.3 Å². The molecule has 1 unspecified atom stereocenters. The van der Waals surface area contributed by atoms with Crippen molar-refractivity contribution in [2.24, 2.45) is 0 Å². The summed E-state index contributed by atoms with van der Waals surface area (Å²) >= 11 is 0. The zero-order chi connectivity index (χ0) is 12.2. The summed E-state index contributed by atoms with van der Waals surface area (Å²) in [5.41, 5.74) is 6.21. The van der Waals surface area contributed by atoms with Crippen LogP contribution in [0.1, 0.15) is 0 Å². The van der Waals surface area contributed by atoms with Crippen LogP contribution in [0.25, 0.3) is 0 Å². The van der Waals surface area contributed by atoms with Gasteiger partial charge in [-0.25, -0.2) is 0 Å². The van der Waals surface area contributed by atoms with E-state index < -0.39 is 8.03 Å². The van der Waals surface area contributed by atoms with E-state index in [2.05, 4.69) is 21.1 Å². The molecule has 0 aliphatic rings. The first-order chi connectivity index (χ1) is 7.38. The molecule has 88 valence electrons. The van der Waals surface area contributed by atoms with Crippen LogP contribution < -0.4 is 11.0 Å². The van der Waals surface area contributed by atoms with Crippen molar-refractivity contribution in [1.29, 1.82) is 0 Å². The summed E-state index contributed by atoms with van der Waals surface area (Å²) in [5, 5.41) is 0.649. The highest BCUT2D eigenvalue weighted by molar-refractivity contribution is 7.48. The normalized spacial score (nSPS) is 12.6. The third-order valence-electron chi connectivity index (χ3n) is 2.05. The van der Waals surface area contributed by atoms with Crippen LogP contribution >= 0.6 is 8.03 Å². The largest absolute Gasteiger partial charge is 0.549 e. The van der Waals surface area contributed by atoms with Crippen LogP contribution in [-0.2, 0) is 9.09 Å². The standard InChI is InChI=1S/C11H19N2O2P/c1-13(2,3)7-8-15-16(14)11-6-4-5-10(12)9-11/h4-6,9H,7-8,12H2,1-3H3/q+2. The van der Waals surface area contributed by atoms with Crippen LogP contribution in [0.5, 0.6) is 0 Å². The fourth-order valence-electron chi connectivity index (χ4n) is 1.11. The Balaban J connectivity index is 2.47. The minimum atomic E-state index is -1.78. The van der Waals surface area contributed by atoms with Gasteiger partial charge < -0.3 is 10.2 Å². The first-order valence-corrected chi connectivity index (χ1v) is 6.32. The number of hydrogen-bond donors (Lipinski definition) is 1. The molecule has 1 rings (SSSR count). The lowest BCUT2D eigenvalue weighted by atomic mass is 10.3. The fourth-order valence-corrected chi connectivity index (χ4v) is 1.97. The van der Waals surface area contributed by atoms with Gasteiger partial charge in [0.15, 0.2) is 6.61 Å². The lowest BCUT2D eigenvalue weighted by Gasteiger charge is -2.21. The molecule has 0 aromatic heterocycles. The highest BCUT2D eigenvalue weighted by Crippen LogP contribution is 2.22. The predicted octanol–water partition coefficient (Wildman–Crippen LogP) is 1.36. The Labute approximate surface area is 97.5 Å². The van der Waals surface area contributed by atoms with Crippen LogP contribution in [0.3, 0.4) is 0 Å². The molecule has 0 spiro atoms. The van der Waals surface area contributed by atoms with Gasteiger partial charge in [0.25, 0.3) is 0 Å². The summed E-state index contributed by atoms with van der Waals surface area (Å²) in [6, 6.07) is 6.99. The van der Waals surface area contributed by atoms with Crippen LogP contribution in [0.2, 0.25) is 0 Å². The molecule has 2 N–H and O–H groups in total. The van der Waals surface area contributed by atoms with Gasteiger partial charge in [-0.3, -0.25) is 0 Å². The molecule has 0 saturated heterocycles. The quantitative estimate of drug-likeness (QED) is 0.482. The molecule has 4 nitrogen and oxygen atoms in total. The van der Waals surface area contributed by atoms with E-state index in [-0.39, 0.29) is 0 Å². The highest BCUT2D eigenvalue weighted by atomic mass is 31.1. The molecule has 0 amide bonds. The zero-order valence-corrected chi connectivity index (χ0v) is 10.9. The summed E-state index contributed by atoms with van der Waals surface area (Å²) in [5.74, 6) is 0. The molecule has 0 radical (unpaired) electrons. The summed E-state index contributed by atoms with van der Waals surface area (Å²) in [6.45, 7) is 1.30. The number of quaternary nitrogens is 1. The van der Waals surface area contributed by atoms with E-state index in [0.29, 0.717) is 17.6 Å². The summed E-state index contributed by atoms with van der Waals surface area (Å²) < 4.78 is 17.8. The highest BCUT2D eigenvalue weighted by Gasteiger charge is 2.23. The van der Waals surface area contributed by atoms with Crippen molar-refractivity contribution in [2.45, 2.75) is 0 Å². The van der Waals surface area contributed by atoms with Gasteiger partial charge in [0, 0.05) is 11.8 Å². The number of nitrogens with zero attached hydrogens (tertiary/aromatic N) is 1. The fraction of sp³-hybridized carbons (Fsp3) is 0.455. The first-order valence-electron chi connectivity index (χ1n) is 5.15. The molecule has 0 bridgehead atoms. The van der Waals surface area contributed by atoms with Crippen molar-refractivity contribution in [3.8, 4) is 0 Å². The lowest BCUT2D eigenvalue weighted by molar-refractivity contribution is -0.870. The molecular formula is C11H19N2O2P+2. The predicted molar refractivity (Wildman–Crippen MR) is 66.9 cm³/mol. The van der Waals surface area contributed by atoms with E-state index in [9.17, 15) is 4.57 Å². The Kier molecular flexibility index (Phi) is 4.42. The average Bonchev–Trinajstić information content (AvgIpc) is 2.15. The molecule has 1 aromatic carbocycles. The monoisotopic (exact) mass is 242 g/mol. The molecular weight excluding hydrogens is 223 g/mol. The van der Waals surface area contributed by atoms with Gasteiger partial charge in [-0.05, 0) is 16.7 Å². The topological polar surface area (TPSA) is 52.3 Å². The molecule has 0 saturated carbocycles. The number of likely N-dealkylation sites (N-methyl/N-ethyl adjacent to an activating group) is 1. The summed E-state index contributed by atoms with van der Waals surface area (Å²) in [6.07, 6.45) is 0. The molecule has 1 aromatic rings. The van der Waals surface area contributed by atoms with E-state index in [4.69, 9.17) is 10.3 Å². The van der Waals surface area contributed by atoms with Gasteiger partial charge in [0.05, 0.1) is 21.1 Å². The Morgan fingerprint density at radius 1 is 1.38 bits per heavy atom. The van der Waals surface area contributed by atoms with Crippen molar-refractivity contribution < 1.29 is 13.6 Å². The molecule has 0 fully saturated rings. The number of nitrogen functional groups attached to an aromatic ring is 1. The minimum absolute atomic E-state index is 0.480. The SMILES string of the molecule is C[N+](C)(C)CCO[P+](=O)c1cccc(N)c1. The van der Waals surface area contributed by atoms with Crippen LogP contribution in [0.4, 0.5) is 5.69 Å². The third kappa shape index (κ3) is 4.71. The van der Waals surface area contributed by atoms with Crippen molar-refractivity contribution in [2.75, 3.05) is 40.0 Å². The number of rotatable bonds is 5. The molecule has 16 heavy (non-hydrogen) atoms. The molecule has 1 atom stereocenters. The van der Waals surface area contributed by atoms with Gasteiger partial charge >= 0.3 is 8.03 Å². The van der Waals surface area contributed by atoms with E-state index in [0.717, 1.165) is 11.0 Å². The van der Waals surface area contributed by atoms with Gasteiger partial charge in [-0.1, -0.05) is 6.07 Å². The third-order valence-corrected chi connectivity index (χ3v) is 3.17. The van der Waals surface area contributed by atoms with Crippen molar-refractivity contribution in [3.63, 3.8) is 0 Å². The van der Waals surface area contributed by atoms with E-state index in [1.807, 2.05) is 0 Å². The summed E-state index contributed by atoms with van der Waals surface area (Å²) in [7, 11) is 4.41. The number of hydrogen-bond acceptors (Lipinski definition) is 3. The van der Waals surface area contributed by atoms with Crippen LogP contribution in [-0.4, -0.2) is 38.8 Å². The van der Waals surface area contributed by atoms with E-state index in [1.165, 1.54) is 0 Å². The molecule has 0 aliphatic heterocycles. The van der Waals surface area contributed by atoms with Gasteiger partial charge in [-0.2, -0.15) is 0 Å². The molecule has 5 heteroatoms. The number of benzene rings is 1. The van der Waals surface area contributed by atoms with Crippen LogP contribution in [0.15, 0.2) is 24.3 Å². The average molecular weight is 242 g/mol. The minimum Gasteiger partial charge on any atom is -0.399 e. The Hall–Kier alpha value is -0.960. The Morgan fingerprint density at radius 3 is 2.62 bits per heavy atom. The maximum Gasteiger partial charge on any atom is 0.549 e.